The van der Waals surface area contributed by atoms with E-state index in [-0.39, 0.29) is 6.61 Å². The molecule has 3 nitrogen and oxygen atoms in total. The summed E-state index contributed by atoms with van der Waals surface area (Å²) in [5.41, 5.74) is 1.50. The summed E-state index contributed by atoms with van der Waals surface area (Å²) in [6.45, 7) is 2.30. The van der Waals surface area contributed by atoms with Crippen LogP contribution in [0.25, 0.3) is 0 Å². The number of hydrogen-bond acceptors (Lipinski definition) is 3. The van der Waals surface area contributed by atoms with Gasteiger partial charge in [-0.25, -0.2) is 0 Å². The molecule has 0 unspecified atom stereocenters. The van der Waals surface area contributed by atoms with Gasteiger partial charge in [-0.1, -0.05) is 0 Å². The van der Waals surface area contributed by atoms with Crippen molar-refractivity contribution in [3.8, 4) is 5.75 Å². The smallest absolute Gasteiger partial charge is 0.150 e. The van der Waals surface area contributed by atoms with Gasteiger partial charge in [-0.05, 0) is 42.8 Å². The van der Waals surface area contributed by atoms with Gasteiger partial charge in [0, 0.05) is 5.56 Å². The molecule has 0 heterocycles. The molecule has 1 rings (SSSR count). The van der Waals surface area contributed by atoms with E-state index in [1.165, 1.54) is 0 Å². The SMILES string of the molecule is C/C(=C/COc1ccc(C=O)cc1)CO. The van der Waals surface area contributed by atoms with Crippen LogP contribution in [-0.4, -0.2) is 24.6 Å². The van der Waals surface area contributed by atoms with Gasteiger partial charge in [-0.2, -0.15) is 0 Å². The molecular formula is C12H14O3. The second-order valence-electron chi connectivity index (χ2n) is 3.21. The van der Waals surface area contributed by atoms with Crippen LogP contribution in [-0.2, 0) is 0 Å². The summed E-state index contributed by atoms with van der Waals surface area (Å²) in [7, 11) is 0. The van der Waals surface area contributed by atoms with E-state index in [1.807, 2.05) is 13.0 Å². The van der Waals surface area contributed by atoms with Gasteiger partial charge < -0.3 is 9.84 Å². The molecular weight excluding hydrogens is 192 g/mol. The highest BCUT2D eigenvalue weighted by Gasteiger charge is 1.93. The third kappa shape index (κ3) is 3.95. The molecule has 0 bridgehead atoms. The number of aliphatic hydroxyl groups excluding tert-OH is 1. The number of carbonyl (C=O) groups is 1. The van der Waals surface area contributed by atoms with Gasteiger partial charge in [0.05, 0.1) is 6.61 Å². The summed E-state index contributed by atoms with van der Waals surface area (Å²) in [5, 5.41) is 8.74. The predicted molar refractivity (Wildman–Crippen MR) is 58.2 cm³/mol. The Morgan fingerprint density at radius 1 is 1.40 bits per heavy atom. The Kier molecular flexibility index (Phi) is 4.57. The monoisotopic (exact) mass is 206 g/mol. The maximum absolute atomic E-state index is 10.4. The van der Waals surface area contributed by atoms with Crippen LogP contribution in [0.2, 0.25) is 0 Å². The zero-order valence-electron chi connectivity index (χ0n) is 8.64. The topological polar surface area (TPSA) is 46.5 Å². The van der Waals surface area contributed by atoms with Crippen molar-refractivity contribution >= 4 is 6.29 Å². The molecule has 0 atom stereocenters. The van der Waals surface area contributed by atoms with E-state index in [9.17, 15) is 4.79 Å². The lowest BCUT2D eigenvalue weighted by atomic mass is 10.2. The first-order valence-corrected chi connectivity index (χ1v) is 4.71. The number of carbonyl (C=O) groups excluding carboxylic acids is 1. The fraction of sp³-hybridized carbons (Fsp3) is 0.250. The summed E-state index contributed by atoms with van der Waals surface area (Å²) in [6.07, 6.45) is 2.60. The van der Waals surface area contributed by atoms with Crippen LogP contribution in [0.4, 0.5) is 0 Å². The van der Waals surface area contributed by atoms with Crippen molar-refractivity contribution in [1.29, 1.82) is 0 Å². The maximum atomic E-state index is 10.4. The quantitative estimate of drug-likeness (QED) is 0.590. The van der Waals surface area contributed by atoms with Crippen LogP contribution >= 0.6 is 0 Å². The van der Waals surface area contributed by atoms with Crippen LogP contribution in [0.1, 0.15) is 17.3 Å². The molecule has 0 radical (unpaired) electrons. The highest BCUT2D eigenvalue weighted by atomic mass is 16.5. The van der Waals surface area contributed by atoms with Gasteiger partial charge in [0.15, 0.2) is 0 Å². The van der Waals surface area contributed by atoms with Crippen LogP contribution in [0.5, 0.6) is 5.75 Å². The summed E-state index contributed by atoms with van der Waals surface area (Å²) in [5.74, 6) is 0.711. The van der Waals surface area contributed by atoms with Gasteiger partial charge in [-0.3, -0.25) is 4.79 Å². The summed E-state index contributed by atoms with van der Waals surface area (Å²) in [4.78, 5) is 10.4. The molecule has 0 saturated heterocycles. The van der Waals surface area contributed by atoms with Crippen molar-refractivity contribution in [2.45, 2.75) is 6.92 Å². The summed E-state index contributed by atoms with van der Waals surface area (Å²) < 4.78 is 5.37. The van der Waals surface area contributed by atoms with Crippen LogP contribution in [0, 0.1) is 0 Å². The fourth-order valence-corrected chi connectivity index (χ4v) is 0.987. The Morgan fingerprint density at radius 2 is 2.07 bits per heavy atom. The van der Waals surface area contributed by atoms with Crippen LogP contribution in [0.15, 0.2) is 35.9 Å². The number of ether oxygens (including phenoxy) is 1. The molecule has 0 amide bonds. The molecule has 1 N–H and O–H groups in total. The van der Waals surface area contributed by atoms with Crippen molar-refractivity contribution in [3.05, 3.63) is 41.5 Å². The van der Waals surface area contributed by atoms with Crippen LogP contribution in [0.3, 0.4) is 0 Å². The molecule has 0 aliphatic carbocycles. The lowest BCUT2D eigenvalue weighted by Crippen LogP contribution is -1.96. The second-order valence-corrected chi connectivity index (χ2v) is 3.21. The lowest BCUT2D eigenvalue weighted by molar-refractivity contribution is 0.112. The molecule has 1 aromatic rings. The van der Waals surface area contributed by atoms with Crippen molar-refractivity contribution in [2.75, 3.05) is 13.2 Å². The van der Waals surface area contributed by atoms with Crippen molar-refractivity contribution in [3.63, 3.8) is 0 Å². The molecule has 0 saturated carbocycles. The minimum atomic E-state index is 0.0490. The van der Waals surface area contributed by atoms with E-state index in [0.29, 0.717) is 17.9 Å². The van der Waals surface area contributed by atoms with Gasteiger partial charge in [0.1, 0.15) is 18.6 Å². The Bertz CT molecular complexity index is 338. The largest absolute Gasteiger partial charge is 0.490 e. The van der Waals surface area contributed by atoms with E-state index in [2.05, 4.69) is 0 Å². The van der Waals surface area contributed by atoms with E-state index < -0.39 is 0 Å². The molecule has 80 valence electrons. The number of aliphatic hydroxyl groups is 1. The standard InChI is InChI=1S/C12H14O3/c1-10(8-13)6-7-15-12-4-2-11(9-14)3-5-12/h2-6,9,13H,7-8H2,1H3/b10-6-. The Morgan fingerprint density at radius 3 is 2.60 bits per heavy atom. The van der Waals surface area contributed by atoms with E-state index in [0.717, 1.165) is 11.9 Å². The molecule has 3 heteroatoms. The molecule has 0 spiro atoms. The number of hydrogen-bond donors (Lipinski definition) is 1. The van der Waals surface area contributed by atoms with Crippen LogP contribution < -0.4 is 4.74 Å². The molecule has 0 fully saturated rings. The minimum Gasteiger partial charge on any atom is -0.490 e. The molecule has 0 aliphatic rings. The van der Waals surface area contributed by atoms with Gasteiger partial charge in [0.2, 0.25) is 0 Å². The van der Waals surface area contributed by atoms with E-state index >= 15 is 0 Å². The highest BCUT2D eigenvalue weighted by Crippen LogP contribution is 2.11. The molecule has 15 heavy (non-hydrogen) atoms. The molecule has 1 aromatic carbocycles. The first kappa shape index (κ1) is 11.5. The minimum absolute atomic E-state index is 0.0490. The first-order chi connectivity index (χ1) is 7.26. The van der Waals surface area contributed by atoms with Gasteiger partial charge in [-0.15, -0.1) is 0 Å². The van der Waals surface area contributed by atoms with E-state index in [1.54, 1.807) is 24.3 Å². The third-order valence-electron chi connectivity index (χ3n) is 1.95. The number of benzene rings is 1. The fourth-order valence-electron chi connectivity index (χ4n) is 0.987. The highest BCUT2D eigenvalue weighted by molar-refractivity contribution is 5.74. The maximum Gasteiger partial charge on any atom is 0.150 e. The average Bonchev–Trinajstić information content (AvgIpc) is 2.29. The second kappa shape index (κ2) is 5.98. The average molecular weight is 206 g/mol. The Hall–Kier alpha value is -1.61. The van der Waals surface area contributed by atoms with Gasteiger partial charge >= 0.3 is 0 Å². The lowest BCUT2D eigenvalue weighted by Gasteiger charge is -2.03. The molecule has 0 aromatic heterocycles. The first-order valence-electron chi connectivity index (χ1n) is 4.71. The third-order valence-corrected chi connectivity index (χ3v) is 1.95. The van der Waals surface area contributed by atoms with Crippen molar-refractivity contribution in [1.82, 2.24) is 0 Å². The van der Waals surface area contributed by atoms with Gasteiger partial charge in [0.25, 0.3) is 0 Å². The predicted octanol–water partition coefficient (Wildman–Crippen LogP) is 1.82. The normalized spacial score (nSPS) is 11.2. The summed E-state index contributed by atoms with van der Waals surface area (Å²) >= 11 is 0. The number of rotatable bonds is 5. The molecule has 0 aliphatic heterocycles. The zero-order valence-corrected chi connectivity index (χ0v) is 8.64. The number of aldehydes is 1. The van der Waals surface area contributed by atoms with E-state index in [4.69, 9.17) is 9.84 Å². The Labute approximate surface area is 89.0 Å². The summed E-state index contributed by atoms with van der Waals surface area (Å²) in [6, 6.07) is 6.88. The zero-order chi connectivity index (χ0) is 11.1. The van der Waals surface area contributed by atoms with Crippen molar-refractivity contribution < 1.29 is 14.6 Å². The van der Waals surface area contributed by atoms with Crippen molar-refractivity contribution in [2.24, 2.45) is 0 Å². The Balaban J connectivity index is 2.48.